The fourth-order valence-electron chi connectivity index (χ4n) is 4.09. The van der Waals surface area contributed by atoms with Gasteiger partial charge in [-0.2, -0.15) is 18.3 Å². The Kier molecular flexibility index (Phi) is 7.26. The van der Waals surface area contributed by atoms with Crippen LogP contribution in [0.15, 0.2) is 36.4 Å². The number of nitro groups is 1. The number of carbonyl (C=O) groups excluding carboxylic acids is 1. The summed E-state index contributed by atoms with van der Waals surface area (Å²) in [6.07, 6.45) is -5.17. The smallest absolute Gasteiger partial charge is 0.410 e. The number of methoxy groups -OCH3 is 3. The fraction of sp³-hybridized carbons (Fsp3) is 0.304. The molecular formula is C23H21ClF3N5O6. The molecule has 2 heterocycles. The topological polar surface area (TPSA) is 130 Å². The summed E-state index contributed by atoms with van der Waals surface area (Å²) in [4.78, 5) is 23.5. The summed E-state index contributed by atoms with van der Waals surface area (Å²) >= 11 is 6.37. The molecule has 1 aromatic heterocycles. The molecule has 2 aromatic carbocycles. The van der Waals surface area contributed by atoms with Crippen LogP contribution in [0, 0.1) is 10.1 Å². The van der Waals surface area contributed by atoms with Gasteiger partial charge in [0, 0.05) is 18.6 Å². The van der Waals surface area contributed by atoms with E-state index in [2.05, 4.69) is 15.7 Å². The lowest BCUT2D eigenvalue weighted by Crippen LogP contribution is -2.35. The van der Waals surface area contributed by atoms with Gasteiger partial charge in [-0.3, -0.25) is 14.9 Å². The van der Waals surface area contributed by atoms with Crippen LogP contribution in [0.25, 0.3) is 0 Å². The number of hydrogen-bond donors (Lipinski definition) is 2. The van der Waals surface area contributed by atoms with E-state index in [4.69, 9.17) is 25.8 Å². The van der Waals surface area contributed by atoms with Crippen LogP contribution >= 0.6 is 11.6 Å². The van der Waals surface area contributed by atoms with E-state index in [1.165, 1.54) is 27.4 Å². The Bertz CT molecular complexity index is 1400. The van der Waals surface area contributed by atoms with E-state index in [0.29, 0.717) is 21.7 Å². The van der Waals surface area contributed by atoms with Crippen LogP contribution in [-0.4, -0.2) is 48.1 Å². The number of ether oxygens (including phenoxy) is 3. The van der Waals surface area contributed by atoms with Gasteiger partial charge in [0.1, 0.15) is 16.6 Å². The number of alkyl halides is 3. The number of non-ortho nitro benzene ring substituents is 1. The second-order valence-electron chi connectivity index (χ2n) is 8.19. The first-order valence-electron chi connectivity index (χ1n) is 10.9. The molecule has 11 nitrogen and oxygen atoms in total. The van der Waals surface area contributed by atoms with Crippen LogP contribution in [0.4, 0.5) is 30.4 Å². The number of nitrogens with zero attached hydrogens (tertiary/aromatic N) is 3. The van der Waals surface area contributed by atoms with E-state index in [9.17, 15) is 28.1 Å². The molecule has 0 saturated carbocycles. The number of rotatable bonds is 7. The van der Waals surface area contributed by atoms with Gasteiger partial charge < -0.3 is 24.8 Å². The molecule has 0 fully saturated rings. The summed E-state index contributed by atoms with van der Waals surface area (Å²) < 4.78 is 58.4. The molecule has 202 valence electrons. The predicted molar refractivity (Wildman–Crippen MR) is 130 cm³/mol. The fourth-order valence-corrected chi connectivity index (χ4v) is 4.36. The highest BCUT2D eigenvalue weighted by Crippen LogP contribution is 2.47. The van der Waals surface area contributed by atoms with Crippen LogP contribution in [-0.2, 0) is 0 Å². The van der Waals surface area contributed by atoms with Crippen molar-refractivity contribution in [2.24, 2.45) is 0 Å². The minimum Gasteiger partial charge on any atom is -0.496 e. The zero-order valence-electron chi connectivity index (χ0n) is 20.1. The Morgan fingerprint density at radius 2 is 1.87 bits per heavy atom. The Labute approximate surface area is 218 Å². The highest BCUT2D eigenvalue weighted by atomic mass is 35.5. The molecule has 0 bridgehead atoms. The van der Waals surface area contributed by atoms with Crippen LogP contribution in [0.5, 0.6) is 17.2 Å². The Balaban J connectivity index is 1.70. The quantitative estimate of drug-likeness (QED) is 0.293. The minimum atomic E-state index is -4.72. The van der Waals surface area contributed by atoms with Crippen LogP contribution in [0.1, 0.15) is 34.6 Å². The van der Waals surface area contributed by atoms with Gasteiger partial charge in [-0.05, 0) is 17.7 Å². The molecule has 0 radical (unpaired) electrons. The summed E-state index contributed by atoms with van der Waals surface area (Å²) in [6, 6.07) is 5.26. The summed E-state index contributed by atoms with van der Waals surface area (Å²) in [5.74, 6) is -0.361. The molecule has 38 heavy (non-hydrogen) atoms. The van der Waals surface area contributed by atoms with Gasteiger partial charge >= 0.3 is 6.18 Å². The van der Waals surface area contributed by atoms with Crippen LogP contribution in [0.3, 0.4) is 0 Å². The number of hydrogen-bond acceptors (Lipinski definition) is 8. The summed E-state index contributed by atoms with van der Waals surface area (Å²) in [7, 11) is 4.12. The number of nitrogens with one attached hydrogen (secondary N) is 2. The van der Waals surface area contributed by atoms with E-state index in [1.807, 2.05) is 0 Å². The molecule has 0 aliphatic carbocycles. The summed E-state index contributed by atoms with van der Waals surface area (Å²) in [5.41, 5.74) is -0.435. The first-order valence-corrected chi connectivity index (χ1v) is 11.3. The number of amides is 1. The van der Waals surface area contributed by atoms with Gasteiger partial charge in [0.05, 0.1) is 44.0 Å². The van der Waals surface area contributed by atoms with Crippen LogP contribution < -0.4 is 24.8 Å². The second kappa shape index (κ2) is 10.3. The van der Waals surface area contributed by atoms with Crippen molar-refractivity contribution in [3.8, 4) is 17.2 Å². The van der Waals surface area contributed by atoms with Crippen molar-refractivity contribution >= 4 is 34.7 Å². The van der Waals surface area contributed by atoms with Crippen molar-refractivity contribution in [2.75, 3.05) is 32.0 Å². The highest BCUT2D eigenvalue weighted by Gasteiger charge is 2.48. The Hall–Kier alpha value is -4.20. The predicted octanol–water partition coefficient (Wildman–Crippen LogP) is 5.38. The second-order valence-corrected chi connectivity index (χ2v) is 8.57. The number of halogens is 4. The molecule has 2 atom stereocenters. The van der Waals surface area contributed by atoms with Crippen molar-refractivity contribution in [2.45, 2.75) is 24.7 Å². The van der Waals surface area contributed by atoms with Gasteiger partial charge in [0.15, 0.2) is 23.2 Å². The minimum absolute atomic E-state index is 0.0355. The summed E-state index contributed by atoms with van der Waals surface area (Å²) in [5, 5.41) is 20.0. The van der Waals surface area contributed by atoms with Crippen molar-refractivity contribution in [3.05, 3.63) is 62.8 Å². The van der Waals surface area contributed by atoms with Gasteiger partial charge in [0.25, 0.3) is 11.6 Å². The first-order chi connectivity index (χ1) is 18.0. The van der Waals surface area contributed by atoms with E-state index >= 15 is 0 Å². The molecule has 0 unspecified atom stereocenters. The number of aromatic nitrogens is 2. The van der Waals surface area contributed by atoms with Crippen molar-refractivity contribution in [1.82, 2.24) is 9.78 Å². The van der Waals surface area contributed by atoms with Gasteiger partial charge in [-0.25, -0.2) is 4.68 Å². The molecular weight excluding hydrogens is 535 g/mol. The molecule has 1 aliphatic rings. The van der Waals surface area contributed by atoms with Gasteiger partial charge in [0.2, 0.25) is 0 Å². The third-order valence-electron chi connectivity index (χ3n) is 5.92. The maximum absolute atomic E-state index is 14.1. The molecule has 1 amide bonds. The van der Waals surface area contributed by atoms with E-state index in [-0.39, 0.29) is 28.0 Å². The monoisotopic (exact) mass is 555 g/mol. The maximum atomic E-state index is 14.1. The van der Waals surface area contributed by atoms with E-state index < -0.39 is 41.2 Å². The molecule has 0 spiro atoms. The molecule has 2 N–H and O–H groups in total. The lowest BCUT2D eigenvalue weighted by Gasteiger charge is -2.33. The number of fused-ring (bicyclic) bond motifs is 1. The van der Waals surface area contributed by atoms with Gasteiger partial charge in [-0.1, -0.05) is 17.7 Å². The zero-order valence-corrected chi connectivity index (χ0v) is 20.9. The zero-order chi connectivity index (χ0) is 27.8. The van der Waals surface area contributed by atoms with Crippen molar-refractivity contribution < 1.29 is 37.1 Å². The van der Waals surface area contributed by atoms with Crippen molar-refractivity contribution in [1.29, 1.82) is 0 Å². The average Bonchev–Trinajstić information content (AvgIpc) is 3.23. The molecule has 4 rings (SSSR count). The number of nitro benzene ring substituents is 1. The maximum Gasteiger partial charge on any atom is 0.410 e. The molecule has 3 aromatic rings. The van der Waals surface area contributed by atoms with E-state index in [1.54, 1.807) is 18.2 Å². The summed E-state index contributed by atoms with van der Waals surface area (Å²) in [6.45, 7) is 0. The Morgan fingerprint density at radius 1 is 1.16 bits per heavy atom. The van der Waals surface area contributed by atoms with Crippen LogP contribution in [0.2, 0.25) is 5.02 Å². The van der Waals surface area contributed by atoms with Gasteiger partial charge in [-0.15, -0.1) is 0 Å². The SMILES string of the molecule is COc1cc(NC(=O)c2nn3c(c2Cl)N[C@H](c2ccc(OC)c(OC)c2)C[C@@H]3C(F)(F)F)cc([N+](=O)[O-])c1. The highest BCUT2D eigenvalue weighted by molar-refractivity contribution is 6.36. The Morgan fingerprint density at radius 3 is 2.47 bits per heavy atom. The third-order valence-corrected chi connectivity index (χ3v) is 6.27. The third kappa shape index (κ3) is 5.11. The largest absolute Gasteiger partial charge is 0.496 e. The normalized spacial score (nSPS) is 16.7. The standard InChI is InChI=1S/C23H21ClF3N5O6/c1-36-14-8-12(7-13(9-14)32(34)35)28-22(33)20-19(24)21-29-15(10-18(23(25,26)27)31(21)30-20)11-4-5-16(37-2)17(6-11)38-3/h4-9,15,18,29H,10H2,1-3H3,(H,28,33)/t15-,18+/m0/s1. The first kappa shape index (κ1) is 26.9. The average molecular weight is 556 g/mol. The van der Waals surface area contributed by atoms with Crippen molar-refractivity contribution in [3.63, 3.8) is 0 Å². The number of benzene rings is 2. The number of carbonyl (C=O) groups is 1. The number of anilines is 2. The lowest BCUT2D eigenvalue weighted by molar-refractivity contribution is -0.384. The lowest BCUT2D eigenvalue weighted by atomic mass is 9.96. The molecule has 15 heteroatoms. The van der Waals surface area contributed by atoms with E-state index in [0.717, 1.165) is 12.1 Å². The molecule has 1 aliphatic heterocycles. The molecule has 0 saturated heterocycles.